The maximum Gasteiger partial charge on any atom is 0.237 e. The summed E-state index contributed by atoms with van der Waals surface area (Å²) >= 11 is 0. The number of morpholine rings is 1. The summed E-state index contributed by atoms with van der Waals surface area (Å²) in [7, 11) is 1.85. The van der Waals surface area contributed by atoms with E-state index >= 15 is 0 Å². The van der Waals surface area contributed by atoms with Crippen molar-refractivity contribution in [3.05, 3.63) is 0 Å². The van der Waals surface area contributed by atoms with Crippen LogP contribution in [-0.2, 0) is 9.53 Å². The predicted octanol–water partition coefficient (Wildman–Crippen LogP) is 0.872. The fraction of sp³-hybridized carbons (Fsp3) is 0.933. The second kappa shape index (κ2) is 5.62. The second-order valence-corrected chi connectivity index (χ2v) is 7.06. The summed E-state index contributed by atoms with van der Waals surface area (Å²) in [5, 5.41) is 3.19. The quantitative estimate of drug-likeness (QED) is 0.806. The Kier molecular flexibility index (Phi) is 4.42. The lowest BCUT2D eigenvalue weighted by molar-refractivity contribution is -0.145. The van der Waals surface area contributed by atoms with Crippen molar-refractivity contribution in [2.24, 2.45) is 5.73 Å². The Labute approximate surface area is 122 Å². The van der Waals surface area contributed by atoms with Crippen molar-refractivity contribution < 1.29 is 9.53 Å². The summed E-state index contributed by atoms with van der Waals surface area (Å²) in [5.41, 5.74) is 4.99. The van der Waals surface area contributed by atoms with Gasteiger partial charge in [-0.15, -0.1) is 0 Å². The molecule has 1 heterocycles. The summed E-state index contributed by atoms with van der Waals surface area (Å²) in [6, 6.07) is 0.411. The van der Waals surface area contributed by atoms with Gasteiger partial charge in [0.25, 0.3) is 0 Å². The van der Waals surface area contributed by atoms with E-state index in [2.05, 4.69) is 31.0 Å². The minimum Gasteiger partial charge on any atom is -0.370 e. The molecule has 116 valence electrons. The van der Waals surface area contributed by atoms with Crippen molar-refractivity contribution in [3.8, 4) is 0 Å². The summed E-state index contributed by atoms with van der Waals surface area (Å²) in [4.78, 5) is 14.3. The number of nitrogens with two attached hydrogens (primary N) is 1. The SMILES string of the molecule is CNC1(C(N)=O)CCCC(N2CC(C)OC(C)(C)C2)C1. The minimum absolute atomic E-state index is 0.121. The van der Waals surface area contributed by atoms with Crippen molar-refractivity contribution in [2.45, 2.75) is 69.7 Å². The number of primary amides is 1. The zero-order valence-electron chi connectivity index (χ0n) is 13.2. The van der Waals surface area contributed by atoms with Gasteiger partial charge in [-0.25, -0.2) is 0 Å². The zero-order valence-corrected chi connectivity index (χ0v) is 13.2. The number of nitrogens with one attached hydrogen (secondary N) is 1. The molecule has 5 nitrogen and oxygen atoms in total. The number of carbonyl (C=O) groups is 1. The van der Waals surface area contributed by atoms with Crippen LogP contribution < -0.4 is 11.1 Å². The molecule has 1 aliphatic carbocycles. The van der Waals surface area contributed by atoms with Gasteiger partial charge in [0.15, 0.2) is 0 Å². The van der Waals surface area contributed by atoms with Crippen LogP contribution in [0.1, 0.15) is 46.5 Å². The molecule has 2 fully saturated rings. The molecule has 2 rings (SSSR count). The van der Waals surface area contributed by atoms with Gasteiger partial charge in [0.2, 0.25) is 5.91 Å². The monoisotopic (exact) mass is 283 g/mol. The molecule has 3 atom stereocenters. The van der Waals surface area contributed by atoms with E-state index in [0.717, 1.165) is 38.8 Å². The topological polar surface area (TPSA) is 67.6 Å². The Morgan fingerprint density at radius 1 is 1.45 bits per heavy atom. The Balaban J connectivity index is 2.10. The van der Waals surface area contributed by atoms with Gasteiger partial charge in [-0.05, 0) is 53.5 Å². The van der Waals surface area contributed by atoms with Crippen molar-refractivity contribution >= 4 is 5.91 Å². The van der Waals surface area contributed by atoms with Gasteiger partial charge in [-0.1, -0.05) is 0 Å². The molecule has 0 aromatic heterocycles. The van der Waals surface area contributed by atoms with Crippen molar-refractivity contribution in [3.63, 3.8) is 0 Å². The molecule has 1 saturated heterocycles. The molecule has 1 amide bonds. The zero-order chi connectivity index (χ0) is 15.0. The molecule has 0 spiro atoms. The van der Waals surface area contributed by atoms with E-state index < -0.39 is 5.54 Å². The molecule has 0 bridgehead atoms. The van der Waals surface area contributed by atoms with Gasteiger partial charge in [0, 0.05) is 19.1 Å². The lowest BCUT2D eigenvalue weighted by atomic mass is 9.77. The van der Waals surface area contributed by atoms with Crippen molar-refractivity contribution in [2.75, 3.05) is 20.1 Å². The minimum atomic E-state index is -0.533. The van der Waals surface area contributed by atoms with Gasteiger partial charge in [0.05, 0.1) is 17.2 Å². The normalized spacial score (nSPS) is 38.6. The van der Waals surface area contributed by atoms with E-state index in [4.69, 9.17) is 10.5 Å². The van der Waals surface area contributed by atoms with Gasteiger partial charge in [0.1, 0.15) is 0 Å². The summed E-state index contributed by atoms with van der Waals surface area (Å²) in [6.45, 7) is 8.25. The maximum atomic E-state index is 11.8. The average Bonchev–Trinajstić information content (AvgIpc) is 2.36. The van der Waals surface area contributed by atoms with E-state index in [1.165, 1.54) is 0 Å². The average molecular weight is 283 g/mol. The van der Waals surface area contributed by atoms with E-state index in [9.17, 15) is 4.79 Å². The fourth-order valence-corrected chi connectivity index (χ4v) is 3.91. The highest BCUT2D eigenvalue weighted by Gasteiger charge is 2.44. The number of rotatable bonds is 3. The lowest BCUT2D eigenvalue weighted by Crippen LogP contribution is -2.62. The smallest absolute Gasteiger partial charge is 0.237 e. The summed E-state index contributed by atoms with van der Waals surface area (Å²) in [5.74, 6) is -0.217. The molecule has 1 saturated carbocycles. The van der Waals surface area contributed by atoms with Crippen LogP contribution >= 0.6 is 0 Å². The van der Waals surface area contributed by atoms with Crippen LogP contribution in [0.15, 0.2) is 0 Å². The highest BCUT2D eigenvalue weighted by Crippen LogP contribution is 2.33. The van der Waals surface area contributed by atoms with Gasteiger partial charge < -0.3 is 15.8 Å². The summed E-state index contributed by atoms with van der Waals surface area (Å²) in [6.07, 6.45) is 4.07. The van der Waals surface area contributed by atoms with Gasteiger partial charge >= 0.3 is 0 Å². The van der Waals surface area contributed by atoms with Crippen LogP contribution in [0.2, 0.25) is 0 Å². The molecular formula is C15H29N3O2. The van der Waals surface area contributed by atoms with E-state index in [-0.39, 0.29) is 17.6 Å². The maximum absolute atomic E-state index is 11.8. The third-order valence-corrected chi connectivity index (χ3v) is 4.79. The van der Waals surface area contributed by atoms with Crippen LogP contribution in [0.5, 0.6) is 0 Å². The second-order valence-electron chi connectivity index (χ2n) is 7.06. The molecular weight excluding hydrogens is 254 g/mol. The van der Waals surface area contributed by atoms with Crippen LogP contribution in [0, 0.1) is 0 Å². The molecule has 1 aliphatic heterocycles. The van der Waals surface area contributed by atoms with E-state index in [0.29, 0.717) is 6.04 Å². The third kappa shape index (κ3) is 3.15. The Bertz CT molecular complexity index is 372. The van der Waals surface area contributed by atoms with Crippen LogP contribution in [-0.4, -0.2) is 54.2 Å². The Morgan fingerprint density at radius 3 is 2.70 bits per heavy atom. The molecule has 0 radical (unpaired) electrons. The molecule has 2 aliphatic rings. The standard InChI is InChI=1S/C15H29N3O2/c1-11-9-18(10-14(2,3)20-11)12-6-5-7-15(8-12,17-4)13(16)19/h11-12,17H,5-10H2,1-4H3,(H2,16,19). The number of likely N-dealkylation sites (N-methyl/N-ethyl adjacent to an activating group) is 1. The van der Waals surface area contributed by atoms with Crippen LogP contribution in [0.3, 0.4) is 0 Å². The largest absolute Gasteiger partial charge is 0.370 e. The molecule has 5 heteroatoms. The molecule has 0 aromatic rings. The van der Waals surface area contributed by atoms with Crippen LogP contribution in [0.25, 0.3) is 0 Å². The van der Waals surface area contributed by atoms with Crippen molar-refractivity contribution in [1.29, 1.82) is 0 Å². The van der Waals surface area contributed by atoms with Crippen LogP contribution in [0.4, 0.5) is 0 Å². The first-order valence-corrected chi connectivity index (χ1v) is 7.69. The molecule has 0 aromatic carbocycles. The highest BCUT2D eigenvalue weighted by molar-refractivity contribution is 5.84. The van der Waals surface area contributed by atoms with E-state index in [1.807, 2.05) is 7.05 Å². The Morgan fingerprint density at radius 2 is 2.15 bits per heavy atom. The van der Waals surface area contributed by atoms with Gasteiger partial charge in [-0.3, -0.25) is 9.69 Å². The number of ether oxygens (including phenoxy) is 1. The van der Waals surface area contributed by atoms with Gasteiger partial charge in [-0.2, -0.15) is 0 Å². The molecule has 3 unspecified atom stereocenters. The van der Waals surface area contributed by atoms with Crippen molar-refractivity contribution in [1.82, 2.24) is 10.2 Å². The number of amides is 1. The molecule has 20 heavy (non-hydrogen) atoms. The molecule has 3 N–H and O–H groups in total. The van der Waals surface area contributed by atoms with E-state index in [1.54, 1.807) is 0 Å². The number of hydrogen-bond acceptors (Lipinski definition) is 4. The number of hydrogen-bond donors (Lipinski definition) is 2. The first kappa shape index (κ1) is 15.7. The highest BCUT2D eigenvalue weighted by atomic mass is 16.5. The first-order valence-electron chi connectivity index (χ1n) is 7.69. The fourth-order valence-electron chi connectivity index (χ4n) is 3.91. The third-order valence-electron chi connectivity index (χ3n) is 4.79. The predicted molar refractivity (Wildman–Crippen MR) is 79.4 cm³/mol. The lowest BCUT2D eigenvalue weighted by Gasteiger charge is -2.49. The number of nitrogens with zero attached hydrogens (tertiary/aromatic N) is 1. The summed E-state index contributed by atoms with van der Waals surface area (Å²) < 4.78 is 5.97. The Hall–Kier alpha value is -0.650. The first-order chi connectivity index (χ1) is 9.28. The number of carbonyl (C=O) groups excluding carboxylic acids is 1.